The summed E-state index contributed by atoms with van der Waals surface area (Å²) in [5.74, 6) is 0.575. The number of pyridine rings is 1. The van der Waals surface area contributed by atoms with Crippen LogP contribution < -0.4 is 4.74 Å². The van der Waals surface area contributed by atoms with Crippen LogP contribution in [0.4, 0.5) is 10.5 Å². The van der Waals surface area contributed by atoms with Crippen LogP contribution >= 0.6 is 0 Å². The normalized spacial score (nSPS) is 10.4. The van der Waals surface area contributed by atoms with Gasteiger partial charge in [0.2, 0.25) is 0 Å². The van der Waals surface area contributed by atoms with E-state index in [1.54, 1.807) is 24.4 Å². The molecule has 23 heavy (non-hydrogen) atoms. The summed E-state index contributed by atoms with van der Waals surface area (Å²) in [6.07, 6.45) is 0.693. The van der Waals surface area contributed by atoms with Crippen molar-refractivity contribution in [2.24, 2.45) is 0 Å². The summed E-state index contributed by atoms with van der Waals surface area (Å²) in [5.41, 5.74) is 1.16. The highest BCUT2D eigenvalue weighted by Crippen LogP contribution is 2.19. The Labute approximate surface area is 129 Å². The molecule has 0 amide bonds. The fourth-order valence-corrected chi connectivity index (χ4v) is 1.88. The molecule has 116 valence electrons. The van der Waals surface area contributed by atoms with Crippen molar-refractivity contribution in [3.8, 4) is 5.75 Å². The Kier molecular flexibility index (Phi) is 3.88. The maximum Gasteiger partial charge on any atom is 0.514 e. The minimum Gasteiger partial charge on any atom is -0.456 e. The van der Waals surface area contributed by atoms with Gasteiger partial charge in [-0.3, -0.25) is 15.1 Å². The van der Waals surface area contributed by atoms with Gasteiger partial charge < -0.3 is 13.9 Å². The van der Waals surface area contributed by atoms with Gasteiger partial charge in [-0.2, -0.15) is 0 Å². The molecule has 0 atom stereocenters. The van der Waals surface area contributed by atoms with E-state index in [0.29, 0.717) is 16.9 Å². The molecule has 0 saturated heterocycles. The third-order valence-corrected chi connectivity index (χ3v) is 2.92. The molecule has 3 rings (SSSR count). The summed E-state index contributed by atoms with van der Waals surface area (Å²) < 4.78 is 15.3. The largest absolute Gasteiger partial charge is 0.514 e. The maximum atomic E-state index is 11.6. The third kappa shape index (κ3) is 3.43. The van der Waals surface area contributed by atoms with Gasteiger partial charge in [-0.1, -0.05) is 0 Å². The van der Waals surface area contributed by atoms with E-state index in [4.69, 9.17) is 13.9 Å². The van der Waals surface area contributed by atoms with Crippen LogP contribution in [0.3, 0.4) is 0 Å². The molecule has 0 saturated carbocycles. The average molecular weight is 314 g/mol. The number of nitrogens with zero attached hydrogens (tertiary/aromatic N) is 2. The number of carbonyl (C=O) groups is 1. The highest BCUT2D eigenvalue weighted by Gasteiger charge is 2.11. The molecule has 0 bridgehead atoms. The Morgan fingerprint density at radius 1 is 1.26 bits per heavy atom. The zero-order valence-electron chi connectivity index (χ0n) is 11.7. The number of furan rings is 1. The van der Waals surface area contributed by atoms with E-state index >= 15 is 0 Å². The number of fused-ring (bicyclic) bond motifs is 1. The number of ether oxygens (including phenoxy) is 2. The highest BCUT2D eigenvalue weighted by atomic mass is 16.7. The molecule has 0 N–H and O–H groups in total. The number of rotatable bonds is 4. The molecule has 0 aliphatic heterocycles. The second-order valence-electron chi connectivity index (χ2n) is 4.49. The van der Waals surface area contributed by atoms with Gasteiger partial charge in [0.25, 0.3) is 5.69 Å². The molecular weight excluding hydrogens is 304 g/mol. The van der Waals surface area contributed by atoms with E-state index in [1.807, 2.05) is 0 Å². The minimum atomic E-state index is -0.938. The van der Waals surface area contributed by atoms with Crippen molar-refractivity contribution < 1.29 is 23.6 Å². The number of benzene rings is 1. The van der Waals surface area contributed by atoms with E-state index in [9.17, 15) is 14.9 Å². The molecule has 8 nitrogen and oxygen atoms in total. The topological polar surface area (TPSA) is 105 Å². The lowest BCUT2D eigenvalue weighted by Crippen LogP contribution is -2.10. The quantitative estimate of drug-likeness (QED) is 0.314. The van der Waals surface area contributed by atoms with Gasteiger partial charge in [0, 0.05) is 24.4 Å². The van der Waals surface area contributed by atoms with Crippen LogP contribution in [-0.4, -0.2) is 16.1 Å². The summed E-state index contributed by atoms with van der Waals surface area (Å²) in [6.45, 7) is -0.109. The summed E-state index contributed by atoms with van der Waals surface area (Å²) in [6, 6.07) is 10.2. The van der Waals surface area contributed by atoms with Gasteiger partial charge >= 0.3 is 6.16 Å². The second kappa shape index (κ2) is 6.14. The van der Waals surface area contributed by atoms with Crippen molar-refractivity contribution in [3.63, 3.8) is 0 Å². The molecule has 0 aliphatic rings. The Hall–Kier alpha value is -3.42. The predicted molar refractivity (Wildman–Crippen MR) is 77.9 cm³/mol. The molecule has 2 aromatic heterocycles. The Morgan fingerprint density at radius 3 is 2.74 bits per heavy atom. The molecule has 0 aliphatic carbocycles. The summed E-state index contributed by atoms with van der Waals surface area (Å²) >= 11 is 0. The van der Waals surface area contributed by atoms with E-state index < -0.39 is 11.1 Å². The van der Waals surface area contributed by atoms with Crippen LogP contribution in [0, 0.1) is 10.1 Å². The lowest BCUT2D eigenvalue weighted by Gasteiger charge is -2.04. The Bertz CT molecular complexity index is 823. The van der Waals surface area contributed by atoms with Crippen molar-refractivity contribution in [3.05, 3.63) is 64.5 Å². The molecule has 0 spiro atoms. The van der Waals surface area contributed by atoms with Crippen LogP contribution in [0.1, 0.15) is 5.76 Å². The number of nitro benzene ring substituents is 1. The lowest BCUT2D eigenvalue weighted by molar-refractivity contribution is -0.384. The zero-order chi connectivity index (χ0) is 16.2. The number of hydrogen-bond acceptors (Lipinski definition) is 7. The Morgan fingerprint density at radius 2 is 2.04 bits per heavy atom. The molecule has 3 aromatic rings. The van der Waals surface area contributed by atoms with Crippen molar-refractivity contribution in [1.29, 1.82) is 0 Å². The average Bonchev–Trinajstić information content (AvgIpc) is 2.96. The fraction of sp³-hybridized carbons (Fsp3) is 0.0667. The minimum absolute atomic E-state index is 0.0968. The zero-order valence-corrected chi connectivity index (χ0v) is 11.7. The smallest absolute Gasteiger partial charge is 0.456 e. The van der Waals surface area contributed by atoms with Gasteiger partial charge in [-0.25, -0.2) is 4.79 Å². The summed E-state index contributed by atoms with van der Waals surface area (Å²) in [7, 11) is 0. The van der Waals surface area contributed by atoms with E-state index in [2.05, 4.69) is 4.98 Å². The van der Waals surface area contributed by atoms with E-state index in [0.717, 1.165) is 0 Å². The first kappa shape index (κ1) is 14.5. The Balaban J connectivity index is 1.57. The molecular formula is C15H10N2O6. The van der Waals surface area contributed by atoms with Gasteiger partial charge in [0.05, 0.1) is 4.92 Å². The van der Waals surface area contributed by atoms with Gasteiger partial charge in [-0.05, 0) is 24.3 Å². The second-order valence-corrected chi connectivity index (χ2v) is 4.49. The van der Waals surface area contributed by atoms with E-state index in [1.165, 1.54) is 24.3 Å². The molecule has 1 aromatic carbocycles. The van der Waals surface area contributed by atoms with E-state index in [-0.39, 0.29) is 18.0 Å². The predicted octanol–water partition coefficient (Wildman–Crippen LogP) is 3.45. The monoisotopic (exact) mass is 314 g/mol. The SMILES string of the molecule is O=C(OCc1cc2ncccc2o1)Oc1ccc([N+](=O)[O-])cc1. The molecule has 0 fully saturated rings. The van der Waals surface area contributed by atoms with Crippen molar-refractivity contribution in [1.82, 2.24) is 4.98 Å². The molecule has 0 unspecified atom stereocenters. The number of non-ortho nitro benzene ring substituents is 1. The molecule has 2 heterocycles. The van der Waals surface area contributed by atoms with Crippen LogP contribution in [-0.2, 0) is 11.3 Å². The standard InChI is InChI=1S/C15H10N2O6/c18-15(23-11-5-3-10(4-6-11)17(19)20)21-9-12-8-13-14(22-12)2-1-7-16-13/h1-8H,9H2. The van der Waals surface area contributed by atoms with Crippen molar-refractivity contribution in [2.75, 3.05) is 0 Å². The lowest BCUT2D eigenvalue weighted by atomic mass is 10.3. The first-order chi connectivity index (χ1) is 11.1. The molecule has 0 radical (unpaired) electrons. The number of nitro groups is 1. The van der Waals surface area contributed by atoms with Crippen LogP contribution in [0.15, 0.2) is 53.1 Å². The third-order valence-electron chi connectivity index (χ3n) is 2.92. The number of aromatic nitrogens is 1. The number of carbonyl (C=O) groups excluding carboxylic acids is 1. The fourth-order valence-electron chi connectivity index (χ4n) is 1.88. The van der Waals surface area contributed by atoms with Crippen LogP contribution in [0.2, 0.25) is 0 Å². The van der Waals surface area contributed by atoms with Gasteiger partial charge in [0.1, 0.15) is 17.0 Å². The summed E-state index contributed by atoms with van der Waals surface area (Å²) in [4.78, 5) is 25.7. The first-order valence-electron chi connectivity index (χ1n) is 6.54. The first-order valence-corrected chi connectivity index (χ1v) is 6.54. The maximum absolute atomic E-state index is 11.6. The summed E-state index contributed by atoms with van der Waals surface area (Å²) in [5, 5.41) is 10.5. The van der Waals surface area contributed by atoms with Gasteiger partial charge in [-0.15, -0.1) is 0 Å². The van der Waals surface area contributed by atoms with Crippen LogP contribution in [0.5, 0.6) is 5.75 Å². The highest BCUT2D eigenvalue weighted by molar-refractivity contribution is 5.72. The van der Waals surface area contributed by atoms with Gasteiger partial charge in [0.15, 0.2) is 12.2 Å². The van der Waals surface area contributed by atoms with Crippen LogP contribution in [0.25, 0.3) is 11.1 Å². The van der Waals surface area contributed by atoms with Crippen molar-refractivity contribution in [2.45, 2.75) is 6.61 Å². The van der Waals surface area contributed by atoms with Crippen molar-refractivity contribution >= 4 is 22.9 Å². The number of hydrogen-bond donors (Lipinski definition) is 0. The molecule has 8 heteroatoms.